The molecular formula is C24H34F3NO5. The van der Waals surface area contributed by atoms with Gasteiger partial charge in [0.15, 0.2) is 0 Å². The third-order valence-corrected chi connectivity index (χ3v) is 5.93. The van der Waals surface area contributed by atoms with Gasteiger partial charge in [-0.05, 0) is 31.0 Å². The van der Waals surface area contributed by atoms with Crippen LogP contribution in [-0.4, -0.2) is 62.7 Å². The van der Waals surface area contributed by atoms with E-state index in [9.17, 15) is 18.0 Å². The number of benzene rings is 1. The molecule has 0 radical (unpaired) electrons. The molecule has 6 nitrogen and oxygen atoms in total. The van der Waals surface area contributed by atoms with Gasteiger partial charge in [-0.25, -0.2) is 4.79 Å². The van der Waals surface area contributed by atoms with Crippen molar-refractivity contribution in [1.29, 1.82) is 0 Å². The number of ether oxygens (including phenoxy) is 4. The number of halogens is 3. The van der Waals surface area contributed by atoms with Crippen LogP contribution in [-0.2, 0) is 20.4 Å². The highest BCUT2D eigenvalue weighted by Gasteiger charge is 2.36. The first-order chi connectivity index (χ1) is 15.7. The molecule has 1 aliphatic carbocycles. The summed E-state index contributed by atoms with van der Waals surface area (Å²) >= 11 is 0. The van der Waals surface area contributed by atoms with E-state index in [0.29, 0.717) is 19.8 Å². The van der Waals surface area contributed by atoms with Gasteiger partial charge < -0.3 is 18.9 Å². The Balaban J connectivity index is 1.69. The highest BCUT2D eigenvalue weighted by molar-refractivity contribution is 5.90. The predicted octanol–water partition coefficient (Wildman–Crippen LogP) is 4.90. The lowest BCUT2D eigenvalue weighted by molar-refractivity contribution is -0.160. The third-order valence-electron chi connectivity index (χ3n) is 5.93. The Hall–Kier alpha value is -1.84. The van der Waals surface area contributed by atoms with Gasteiger partial charge in [0.05, 0.1) is 30.4 Å². The average molecular weight is 474 g/mol. The summed E-state index contributed by atoms with van der Waals surface area (Å²) in [5, 5.41) is 0. The number of rotatable bonds is 9. The molecule has 0 spiro atoms. The summed E-state index contributed by atoms with van der Waals surface area (Å²) in [5.74, 6) is -1.27. The number of esters is 1. The van der Waals surface area contributed by atoms with Crippen LogP contribution in [0.1, 0.15) is 61.9 Å². The number of hydrogen-bond acceptors (Lipinski definition) is 6. The maximum absolute atomic E-state index is 13.6. The Morgan fingerprint density at radius 3 is 2.48 bits per heavy atom. The molecular weight excluding hydrogens is 439 g/mol. The first kappa shape index (κ1) is 25.8. The Morgan fingerprint density at radius 1 is 1.15 bits per heavy atom. The van der Waals surface area contributed by atoms with Crippen LogP contribution >= 0.6 is 0 Å². The molecule has 1 atom stereocenters. The molecule has 2 aliphatic rings. The van der Waals surface area contributed by atoms with E-state index < -0.39 is 29.7 Å². The van der Waals surface area contributed by atoms with E-state index >= 15 is 0 Å². The summed E-state index contributed by atoms with van der Waals surface area (Å²) in [7, 11) is 0. The number of carbonyl (C=O) groups is 1. The minimum Gasteiger partial charge on any atom is -0.464 e. The fraction of sp³-hybridized carbons (Fsp3) is 0.708. The second kappa shape index (κ2) is 12.0. The number of morpholine rings is 1. The van der Waals surface area contributed by atoms with Crippen molar-refractivity contribution in [3.8, 4) is 5.75 Å². The highest BCUT2D eigenvalue weighted by atomic mass is 19.4. The summed E-state index contributed by atoms with van der Waals surface area (Å²) in [4.78, 5) is 14.6. The standard InChI is InChI=1S/C24H34F3NO5/c1-17(2)23(32-19-6-4-3-5-7-19)33-21-16-18(8-9-20(21)24(25,26)27)22(29)31-15-12-28-10-13-30-14-11-28/h8-9,16-17,19,23H,3-7,10-15H2,1-2H3. The van der Waals surface area contributed by atoms with Crippen LogP contribution in [0, 0.1) is 5.92 Å². The van der Waals surface area contributed by atoms with Crippen LogP contribution in [0.3, 0.4) is 0 Å². The lowest BCUT2D eigenvalue weighted by atomic mass is 9.97. The molecule has 1 aromatic carbocycles. The molecule has 3 rings (SSSR count). The number of alkyl halides is 3. The van der Waals surface area contributed by atoms with Gasteiger partial charge in [-0.15, -0.1) is 0 Å². The lowest BCUT2D eigenvalue weighted by Gasteiger charge is -2.30. The van der Waals surface area contributed by atoms with Crippen molar-refractivity contribution in [2.75, 3.05) is 39.5 Å². The van der Waals surface area contributed by atoms with Gasteiger partial charge >= 0.3 is 12.1 Å². The van der Waals surface area contributed by atoms with Crippen molar-refractivity contribution in [2.45, 2.75) is 64.5 Å². The minimum atomic E-state index is -4.62. The zero-order chi connectivity index (χ0) is 23.8. The third kappa shape index (κ3) is 7.86. The second-order valence-electron chi connectivity index (χ2n) is 8.92. The zero-order valence-electron chi connectivity index (χ0n) is 19.4. The van der Waals surface area contributed by atoms with E-state index in [-0.39, 0.29) is 24.2 Å². The Labute approximate surface area is 193 Å². The molecule has 0 amide bonds. The summed E-state index contributed by atoms with van der Waals surface area (Å²) in [6.45, 7) is 7.15. The van der Waals surface area contributed by atoms with E-state index in [0.717, 1.165) is 63.4 Å². The van der Waals surface area contributed by atoms with Crippen LogP contribution in [0.25, 0.3) is 0 Å². The first-order valence-electron chi connectivity index (χ1n) is 11.7. The van der Waals surface area contributed by atoms with Gasteiger partial charge in [-0.3, -0.25) is 4.90 Å². The molecule has 2 fully saturated rings. The maximum atomic E-state index is 13.6. The van der Waals surface area contributed by atoms with Crippen molar-refractivity contribution in [2.24, 2.45) is 5.92 Å². The molecule has 1 unspecified atom stereocenters. The van der Waals surface area contributed by atoms with Gasteiger partial charge in [-0.2, -0.15) is 13.2 Å². The van der Waals surface area contributed by atoms with Crippen LogP contribution in [0.5, 0.6) is 5.75 Å². The Morgan fingerprint density at radius 2 is 1.85 bits per heavy atom. The van der Waals surface area contributed by atoms with Crippen LogP contribution in [0.4, 0.5) is 13.2 Å². The monoisotopic (exact) mass is 473 g/mol. The van der Waals surface area contributed by atoms with Crippen molar-refractivity contribution in [3.05, 3.63) is 29.3 Å². The van der Waals surface area contributed by atoms with Crippen molar-refractivity contribution in [3.63, 3.8) is 0 Å². The number of carbonyl (C=O) groups excluding carboxylic acids is 1. The minimum absolute atomic E-state index is 0.0140. The van der Waals surface area contributed by atoms with Crippen LogP contribution in [0.15, 0.2) is 18.2 Å². The number of hydrogen-bond donors (Lipinski definition) is 0. The molecule has 33 heavy (non-hydrogen) atoms. The molecule has 0 N–H and O–H groups in total. The topological polar surface area (TPSA) is 57.2 Å². The van der Waals surface area contributed by atoms with Crippen LogP contribution < -0.4 is 4.74 Å². The highest BCUT2D eigenvalue weighted by Crippen LogP contribution is 2.38. The normalized spacial score (nSPS) is 19.5. The van der Waals surface area contributed by atoms with Gasteiger partial charge in [0.25, 0.3) is 0 Å². The maximum Gasteiger partial charge on any atom is 0.419 e. The first-order valence-corrected chi connectivity index (χ1v) is 11.7. The molecule has 0 aromatic heterocycles. The van der Waals surface area contributed by atoms with Gasteiger partial charge in [0.2, 0.25) is 6.29 Å². The molecule has 1 heterocycles. The lowest BCUT2D eigenvalue weighted by Crippen LogP contribution is -2.38. The number of nitrogens with zero attached hydrogens (tertiary/aromatic N) is 1. The average Bonchev–Trinajstić information content (AvgIpc) is 2.79. The molecule has 1 aliphatic heterocycles. The second-order valence-corrected chi connectivity index (χ2v) is 8.92. The largest absolute Gasteiger partial charge is 0.464 e. The fourth-order valence-corrected chi connectivity index (χ4v) is 3.99. The summed E-state index contributed by atoms with van der Waals surface area (Å²) < 4.78 is 63.3. The van der Waals surface area contributed by atoms with Crippen molar-refractivity contribution in [1.82, 2.24) is 4.90 Å². The van der Waals surface area contributed by atoms with Gasteiger partial charge in [0, 0.05) is 25.6 Å². The van der Waals surface area contributed by atoms with E-state index in [1.54, 1.807) is 0 Å². The van der Waals surface area contributed by atoms with Crippen molar-refractivity contribution >= 4 is 5.97 Å². The zero-order valence-corrected chi connectivity index (χ0v) is 19.4. The van der Waals surface area contributed by atoms with Gasteiger partial charge in [0.1, 0.15) is 12.4 Å². The molecule has 1 aromatic rings. The van der Waals surface area contributed by atoms with Crippen LogP contribution in [0.2, 0.25) is 0 Å². The summed E-state index contributed by atoms with van der Waals surface area (Å²) in [5.41, 5.74) is -0.926. The summed E-state index contributed by atoms with van der Waals surface area (Å²) in [6, 6.07) is 3.10. The van der Waals surface area contributed by atoms with E-state index in [1.807, 2.05) is 13.8 Å². The van der Waals surface area contributed by atoms with Gasteiger partial charge in [-0.1, -0.05) is 33.1 Å². The molecule has 9 heteroatoms. The Kier molecular flexibility index (Phi) is 9.40. The van der Waals surface area contributed by atoms with E-state index in [4.69, 9.17) is 18.9 Å². The van der Waals surface area contributed by atoms with Crippen molar-refractivity contribution < 1.29 is 36.9 Å². The molecule has 186 valence electrons. The quantitative estimate of drug-likeness (QED) is 0.376. The SMILES string of the molecule is CC(C)C(Oc1cc(C(=O)OCCN2CCOCC2)ccc1C(F)(F)F)OC1CCCCC1. The Bertz CT molecular complexity index is 759. The van der Waals surface area contributed by atoms with E-state index in [1.165, 1.54) is 0 Å². The smallest absolute Gasteiger partial charge is 0.419 e. The fourth-order valence-electron chi connectivity index (χ4n) is 3.99. The van der Waals surface area contributed by atoms with E-state index in [2.05, 4.69) is 4.90 Å². The predicted molar refractivity (Wildman–Crippen MR) is 116 cm³/mol. The molecule has 0 bridgehead atoms. The molecule has 1 saturated heterocycles. The summed E-state index contributed by atoms with van der Waals surface area (Å²) in [6.07, 6.45) is -0.552. The molecule has 1 saturated carbocycles.